The standard InChI is InChI=1S/C41H55ClN4O7/c1-25-22-32-30(26(2)24-46-20-18-45(19-21-46)17-16-29-10-7-6-8-11-29)15-14-27(3)41(32,50)37(36(25)51-28(4)47)52-38(48)34-23-40(49)31-12-9-13-33(42)35(31)44(5)53-39(40)43-34/h6-13,22,26-27,30,32,34,36-37,39,43,49-50H,14-21,23-24H2,1-5H3/t26?,27-,30+,32-,34+,36-,37+,39-,40-,41-/m1/s1. The number of fused-ring (bicyclic) bond motifs is 4. The first-order chi connectivity index (χ1) is 25.3. The SMILES string of the molecule is CC(=O)O[C@@H]1C(C)=C[C@@H]2[C@H](C(C)CN3CCN(CCc4ccccc4)CC3)CC[C@@H](C)[C@]2(O)[C@H]1OC(=O)[C@@H]1C[C@@]2(O)c3cccc(Cl)c3N(C)O[C@H]2N1. The third-order valence-corrected chi connectivity index (χ3v) is 13.1. The number of hydroxylamine groups is 1. The van der Waals surface area contributed by atoms with Crippen molar-refractivity contribution in [3.8, 4) is 0 Å². The molecular formula is C41H55ClN4O7. The van der Waals surface area contributed by atoms with Crippen molar-refractivity contribution in [2.75, 3.05) is 51.4 Å². The van der Waals surface area contributed by atoms with Crippen molar-refractivity contribution in [3.63, 3.8) is 0 Å². The summed E-state index contributed by atoms with van der Waals surface area (Å²) in [5.41, 5.74) is 0.162. The molecule has 3 fully saturated rings. The van der Waals surface area contributed by atoms with Crippen LogP contribution in [0.5, 0.6) is 0 Å². The van der Waals surface area contributed by atoms with E-state index in [9.17, 15) is 19.8 Å². The molecule has 10 atom stereocenters. The fourth-order valence-electron chi connectivity index (χ4n) is 9.83. The number of rotatable bonds is 9. The molecule has 0 spiro atoms. The Balaban J connectivity index is 1.06. The molecule has 3 aliphatic heterocycles. The van der Waals surface area contributed by atoms with Crippen molar-refractivity contribution in [1.82, 2.24) is 15.1 Å². The minimum Gasteiger partial charge on any atom is -0.454 e. The van der Waals surface area contributed by atoms with Gasteiger partial charge in [0.25, 0.3) is 0 Å². The Bertz CT molecular complexity index is 1690. The van der Waals surface area contributed by atoms with Gasteiger partial charge in [-0.15, -0.1) is 0 Å². The van der Waals surface area contributed by atoms with Crippen LogP contribution in [0.15, 0.2) is 60.2 Å². The summed E-state index contributed by atoms with van der Waals surface area (Å²) in [5, 5.41) is 29.9. The maximum absolute atomic E-state index is 14.2. The number of hydrogen-bond donors (Lipinski definition) is 3. The average Bonchev–Trinajstić information content (AvgIpc) is 3.48. The van der Waals surface area contributed by atoms with E-state index in [0.29, 0.717) is 16.3 Å². The van der Waals surface area contributed by atoms with Crippen LogP contribution in [0.1, 0.15) is 58.1 Å². The molecule has 12 heteroatoms. The van der Waals surface area contributed by atoms with E-state index in [1.165, 1.54) is 17.6 Å². The molecule has 0 bridgehead atoms. The normalized spacial score (nSPS) is 35.1. The summed E-state index contributed by atoms with van der Waals surface area (Å²) >= 11 is 6.48. The Morgan fingerprint density at radius 2 is 1.75 bits per heavy atom. The molecule has 2 aliphatic carbocycles. The number of anilines is 1. The van der Waals surface area contributed by atoms with Crippen molar-refractivity contribution in [3.05, 3.63) is 76.3 Å². The van der Waals surface area contributed by atoms with E-state index >= 15 is 0 Å². The summed E-state index contributed by atoms with van der Waals surface area (Å²) in [4.78, 5) is 37.7. The fraction of sp³-hybridized carbons (Fsp3) is 0.610. The number of aliphatic hydroxyl groups is 2. The lowest BCUT2D eigenvalue weighted by Crippen LogP contribution is -2.66. The van der Waals surface area contributed by atoms with Crippen LogP contribution in [-0.4, -0.2) is 108 Å². The van der Waals surface area contributed by atoms with Gasteiger partial charge in [0.1, 0.15) is 17.2 Å². The molecule has 3 heterocycles. The summed E-state index contributed by atoms with van der Waals surface area (Å²) in [5.74, 6) is -1.34. The van der Waals surface area contributed by atoms with E-state index in [4.69, 9.17) is 25.9 Å². The number of esters is 2. The largest absolute Gasteiger partial charge is 0.454 e. The molecule has 0 radical (unpaired) electrons. The van der Waals surface area contributed by atoms with Crippen LogP contribution in [0.25, 0.3) is 0 Å². The van der Waals surface area contributed by atoms with Gasteiger partial charge in [0.15, 0.2) is 18.4 Å². The van der Waals surface area contributed by atoms with E-state index in [0.717, 1.165) is 64.1 Å². The zero-order valence-electron chi connectivity index (χ0n) is 31.5. The summed E-state index contributed by atoms with van der Waals surface area (Å²) in [6, 6.07) is 14.9. The van der Waals surface area contributed by atoms with E-state index in [-0.39, 0.29) is 30.1 Å². The number of carbonyl (C=O) groups is 2. The first kappa shape index (κ1) is 38.3. The lowest BCUT2D eigenvalue weighted by atomic mass is 9.55. The Morgan fingerprint density at radius 1 is 1.04 bits per heavy atom. The second-order valence-corrected chi connectivity index (χ2v) is 16.6. The summed E-state index contributed by atoms with van der Waals surface area (Å²) in [6.45, 7) is 13.5. The first-order valence-corrected chi connectivity index (χ1v) is 19.6. The second-order valence-electron chi connectivity index (χ2n) is 16.2. The highest BCUT2D eigenvalue weighted by molar-refractivity contribution is 6.33. The number of halogens is 1. The van der Waals surface area contributed by atoms with Crippen molar-refractivity contribution < 1.29 is 34.1 Å². The molecule has 288 valence electrons. The summed E-state index contributed by atoms with van der Waals surface area (Å²) < 4.78 is 12.2. The molecule has 3 N–H and O–H groups in total. The van der Waals surface area contributed by atoms with Crippen molar-refractivity contribution in [2.45, 2.75) is 89.1 Å². The molecule has 5 aliphatic rings. The number of nitrogens with one attached hydrogen (secondary N) is 1. The molecule has 0 amide bonds. The maximum Gasteiger partial charge on any atom is 0.323 e. The van der Waals surface area contributed by atoms with Gasteiger partial charge >= 0.3 is 11.9 Å². The lowest BCUT2D eigenvalue weighted by molar-refractivity contribution is -0.225. The zero-order valence-corrected chi connectivity index (χ0v) is 32.3. The quantitative estimate of drug-likeness (QED) is 0.251. The van der Waals surface area contributed by atoms with Gasteiger partial charge in [-0.2, -0.15) is 0 Å². The number of ether oxygens (including phenoxy) is 2. The van der Waals surface area contributed by atoms with Crippen LogP contribution in [0.4, 0.5) is 5.69 Å². The maximum atomic E-state index is 14.2. The fourth-order valence-corrected chi connectivity index (χ4v) is 10.1. The third-order valence-electron chi connectivity index (χ3n) is 12.8. The predicted molar refractivity (Wildman–Crippen MR) is 202 cm³/mol. The number of piperazine rings is 1. The Morgan fingerprint density at radius 3 is 2.47 bits per heavy atom. The predicted octanol–water partition coefficient (Wildman–Crippen LogP) is 4.29. The zero-order chi connectivity index (χ0) is 37.7. The van der Waals surface area contributed by atoms with Gasteiger partial charge in [-0.05, 0) is 61.1 Å². The van der Waals surface area contributed by atoms with Crippen LogP contribution in [0.2, 0.25) is 5.02 Å². The van der Waals surface area contributed by atoms with Crippen LogP contribution < -0.4 is 10.4 Å². The van der Waals surface area contributed by atoms with E-state index in [1.807, 2.05) is 13.8 Å². The number of carbonyl (C=O) groups excluding carboxylic acids is 2. The van der Waals surface area contributed by atoms with E-state index in [1.54, 1.807) is 25.2 Å². The van der Waals surface area contributed by atoms with Gasteiger partial charge in [-0.25, -0.2) is 0 Å². The van der Waals surface area contributed by atoms with Crippen LogP contribution in [0, 0.1) is 23.7 Å². The lowest BCUT2D eigenvalue weighted by Gasteiger charge is -2.56. The number of benzene rings is 2. The topological polar surface area (TPSA) is 124 Å². The highest BCUT2D eigenvalue weighted by Gasteiger charge is 2.62. The number of nitrogens with zero attached hydrogens (tertiary/aromatic N) is 3. The molecule has 1 unspecified atom stereocenters. The highest BCUT2D eigenvalue weighted by Crippen LogP contribution is 2.53. The average molecular weight is 751 g/mol. The van der Waals surface area contributed by atoms with Crippen LogP contribution in [0.3, 0.4) is 0 Å². The van der Waals surface area contributed by atoms with Gasteiger partial charge in [0, 0.05) is 71.1 Å². The van der Waals surface area contributed by atoms with Crippen molar-refractivity contribution in [2.24, 2.45) is 23.7 Å². The minimum absolute atomic E-state index is 0.0337. The van der Waals surface area contributed by atoms with E-state index in [2.05, 4.69) is 58.4 Å². The van der Waals surface area contributed by atoms with Crippen molar-refractivity contribution >= 4 is 29.2 Å². The number of hydrogen-bond acceptors (Lipinski definition) is 11. The van der Waals surface area contributed by atoms with E-state index < -0.39 is 47.6 Å². The molecule has 7 rings (SSSR count). The molecule has 53 heavy (non-hydrogen) atoms. The number of para-hydroxylation sites is 1. The molecule has 11 nitrogen and oxygen atoms in total. The summed E-state index contributed by atoms with van der Waals surface area (Å²) in [7, 11) is 1.70. The highest BCUT2D eigenvalue weighted by atomic mass is 35.5. The van der Waals surface area contributed by atoms with Gasteiger partial charge < -0.3 is 29.5 Å². The van der Waals surface area contributed by atoms with Gasteiger partial charge in [0.05, 0.1) is 10.7 Å². The Kier molecular flexibility index (Phi) is 11.0. The third kappa shape index (κ3) is 7.26. The van der Waals surface area contributed by atoms with Gasteiger partial charge in [-0.1, -0.05) is 74.0 Å². The molecule has 0 aromatic heterocycles. The summed E-state index contributed by atoms with van der Waals surface area (Å²) in [6.07, 6.45) is 1.73. The smallest absolute Gasteiger partial charge is 0.323 e. The molecule has 1 saturated carbocycles. The second kappa shape index (κ2) is 15.2. The Labute approximate surface area is 318 Å². The molecule has 2 aromatic rings. The van der Waals surface area contributed by atoms with Gasteiger partial charge in [0.2, 0.25) is 0 Å². The molecule has 2 aromatic carbocycles. The Hall–Kier alpha value is -3.03. The monoisotopic (exact) mass is 750 g/mol. The van der Waals surface area contributed by atoms with Crippen molar-refractivity contribution in [1.29, 1.82) is 0 Å². The molecule has 2 saturated heterocycles. The first-order valence-electron chi connectivity index (χ1n) is 19.2. The minimum atomic E-state index is -1.56. The van der Waals surface area contributed by atoms with Crippen LogP contribution in [-0.2, 0) is 35.9 Å². The van der Waals surface area contributed by atoms with Crippen LogP contribution >= 0.6 is 11.6 Å². The molecular weight excluding hydrogens is 696 g/mol. The van der Waals surface area contributed by atoms with Gasteiger partial charge in [-0.3, -0.25) is 24.8 Å².